The fourth-order valence-corrected chi connectivity index (χ4v) is 5.56. The molecule has 214 valence electrons. The van der Waals surface area contributed by atoms with Crippen LogP contribution in [0.5, 0.6) is 0 Å². The molecule has 0 spiro atoms. The first kappa shape index (κ1) is 27.2. The number of para-hydroxylation sites is 1. The summed E-state index contributed by atoms with van der Waals surface area (Å²) in [6.45, 7) is 5.55. The van der Waals surface area contributed by atoms with Crippen molar-refractivity contribution in [3.05, 3.63) is 105 Å². The van der Waals surface area contributed by atoms with E-state index in [1.54, 1.807) is 42.5 Å². The monoisotopic (exact) mass is 564 g/mol. The number of hydrogen-bond acceptors (Lipinski definition) is 7. The molecule has 1 fully saturated rings. The van der Waals surface area contributed by atoms with Crippen LogP contribution in [0.2, 0.25) is 0 Å². The maximum Gasteiger partial charge on any atom is 0.335 e. The van der Waals surface area contributed by atoms with Gasteiger partial charge in [0.05, 0.1) is 5.69 Å². The van der Waals surface area contributed by atoms with E-state index in [1.807, 2.05) is 30.5 Å². The summed E-state index contributed by atoms with van der Waals surface area (Å²) in [4.78, 5) is 44.1. The molecule has 6 rings (SSSR count). The summed E-state index contributed by atoms with van der Waals surface area (Å²) >= 11 is 0. The number of nitrogen functional groups attached to an aromatic ring is 1. The predicted octanol–water partition coefficient (Wildman–Crippen LogP) is 3.59. The Bertz CT molecular complexity index is 1880. The lowest BCUT2D eigenvalue weighted by Gasteiger charge is -2.22. The van der Waals surface area contributed by atoms with Crippen molar-refractivity contribution in [2.45, 2.75) is 38.6 Å². The van der Waals surface area contributed by atoms with E-state index in [0.717, 1.165) is 52.8 Å². The number of aromatic nitrogens is 5. The van der Waals surface area contributed by atoms with Crippen LogP contribution in [0.1, 0.15) is 54.7 Å². The van der Waals surface area contributed by atoms with Gasteiger partial charge in [-0.25, -0.2) is 18.9 Å². The number of fused-ring (bicyclic) bond motifs is 1. The van der Waals surface area contributed by atoms with Gasteiger partial charge in [-0.1, -0.05) is 30.3 Å². The molecule has 11 nitrogen and oxygen atoms in total. The van der Waals surface area contributed by atoms with E-state index in [4.69, 9.17) is 5.73 Å². The Kier molecular flexibility index (Phi) is 7.17. The largest absolute Gasteiger partial charge is 0.382 e. The average Bonchev–Trinajstić information content (AvgIpc) is 3.39. The lowest BCUT2D eigenvalue weighted by molar-refractivity contribution is 0.102. The van der Waals surface area contributed by atoms with Crippen LogP contribution in [-0.4, -0.2) is 42.7 Å². The number of rotatable bonds is 6. The summed E-state index contributed by atoms with van der Waals surface area (Å²) in [5, 5.41) is 10.7. The minimum absolute atomic E-state index is 0.133. The summed E-state index contributed by atoms with van der Waals surface area (Å²) in [5.41, 5.74) is 9.55. The molecule has 0 radical (unpaired) electrons. The molecular weight excluding hydrogens is 532 g/mol. The second-order valence-corrected chi connectivity index (χ2v) is 10.7. The van der Waals surface area contributed by atoms with E-state index < -0.39 is 17.2 Å². The molecule has 4 heterocycles. The number of nitrogens with two attached hydrogens (primary N) is 1. The van der Waals surface area contributed by atoms with Crippen LogP contribution in [-0.2, 0) is 0 Å². The van der Waals surface area contributed by atoms with E-state index in [-0.39, 0.29) is 11.6 Å². The highest BCUT2D eigenvalue weighted by molar-refractivity contribution is 6.04. The zero-order valence-corrected chi connectivity index (χ0v) is 23.4. The molecule has 1 aliphatic rings. The highest BCUT2D eigenvalue weighted by Gasteiger charge is 2.24. The van der Waals surface area contributed by atoms with Gasteiger partial charge in [-0.15, -0.1) is 0 Å². The van der Waals surface area contributed by atoms with Crippen LogP contribution >= 0.6 is 0 Å². The smallest absolute Gasteiger partial charge is 0.335 e. The van der Waals surface area contributed by atoms with Gasteiger partial charge >= 0.3 is 5.69 Å². The first-order valence-corrected chi connectivity index (χ1v) is 14.0. The number of amides is 1. The molecule has 1 amide bonds. The highest BCUT2D eigenvalue weighted by Crippen LogP contribution is 2.36. The lowest BCUT2D eigenvalue weighted by atomic mass is 9.94. The number of hydrogen-bond donors (Lipinski definition) is 3. The second kappa shape index (κ2) is 11.1. The number of benzene rings is 2. The van der Waals surface area contributed by atoms with Crippen molar-refractivity contribution in [1.29, 1.82) is 0 Å². The maximum atomic E-state index is 13.4. The SMILES string of the molecule is CC(C)n1cc(C(=O)Nc2ccc(-c3cc(C4CCNCC4)n4ncnc(N)c34)cc2)c(=O)n(-c2ccccc2)c1=O. The van der Waals surface area contributed by atoms with Crippen molar-refractivity contribution in [3.63, 3.8) is 0 Å². The molecule has 1 saturated heterocycles. The molecule has 0 aliphatic carbocycles. The summed E-state index contributed by atoms with van der Waals surface area (Å²) in [6.07, 6.45) is 4.83. The third-order valence-electron chi connectivity index (χ3n) is 7.75. The molecule has 0 bridgehead atoms. The van der Waals surface area contributed by atoms with Crippen molar-refractivity contribution in [2.24, 2.45) is 0 Å². The molecule has 4 N–H and O–H groups in total. The molecule has 3 aromatic heterocycles. The normalized spacial score (nSPS) is 14.0. The summed E-state index contributed by atoms with van der Waals surface area (Å²) in [6, 6.07) is 17.8. The maximum absolute atomic E-state index is 13.4. The number of anilines is 2. The van der Waals surface area contributed by atoms with Gasteiger partial charge in [-0.2, -0.15) is 5.10 Å². The van der Waals surface area contributed by atoms with Gasteiger partial charge in [0.2, 0.25) is 0 Å². The molecule has 0 saturated carbocycles. The molecule has 0 unspecified atom stereocenters. The quantitative estimate of drug-likeness (QED) is 0.286. The van der Waals surface area contributed by atoms with Gasteiger partial charge in [0.15, 0.2) is 5.82 Å². The molecular formula is C31H32N8O3. The second-order valence-electron chi connectivity index (χ2n) is 10.7. The predicted molar refractivity (Wildman–Crippen MR) is 162 cm³/mol. The Balaban J connectivity index is 1.33. The van der Waals surface area contributed by atoms with E-state index >= 15 is 0 Å². The van der Waals surface area contributed by atoms with Crippen LogP contribution in [0, 0.1) is 0 Å². The Morgan fingerprint density at radius 2 is 1.76 bits per heavy atom. The summed E-state index contributed by atoms with van der Waals surface area (Å²) in [7, 11) is 0. The third kappa shape index (κ3) is 4.88. The Morgan fingerprint density at radius 1 is 1.05 bits per heavy atom. The van der Waals surface area contributed by atoms with Crippen LogP contribution < -0.4 is 27.6 Å². The zero-order valence-electron chi connectivity index (χ0n) is 23.4. The third-order valence-corrected chi connectivity index (χ3v) is 7.75. The van der Waals surface area contributed by atoms with Crippen LogP contribution in [0.25, 0.3) is 22.3 Å². The van der Waals surface area contributed by atoms with Gasteiger partial charge in [-0.3, -0.25) is 14.2 Å². The minimum Gasteiger partial charge on any atom is -0.382 e. The molecule has 11 heteroatoms. The van der Waals surface area contributed by atoms with Gasteiger partial charge in [0, 0.05) is 35.1 Å². The van der Waals surface area contributed by atoms with E-state index in [2.05, 4.69) is 26.8 Å². The van der Waals surface area contributed by atoms with Crippen molar-refractivity contribution in [1.82, 2.24) is 29.0 Å². The standard InChI is InChI=1S/C31H32N8O3/c1-19(2)37-17-25(30(41)38(31(37)42)23-6-4-3-5-7-23)29(40)36-22-10-8-20(9-11-22)24-16-26(21-12-14-33-15-13-21)39-27(24)28(32)34-18-35-39/h3-11,16-19,21,33H,12-15H2,1-2H3,(H,36,40)(H2,32,34,35). The van der Waals surface area contributed by atoms with Crippen molar-refractivity contribution < 1.29 is 4.79 Å². The van der Waals surface area contributed by atoms with Crippen molar-refractivity contribution >= 4 is 22.9 Å². The average molecular weight is 565 g/mol. The fraction of sp³-hybridized carbons (Fsp3) is 0.258. The fourth-order valence-electron chi connectivity index (χ4n) is 5.56. The molecule has 2 aromatic carbocycles. The minimum atomic E-state index is -0.682. The van der Waals surface area contributed by atoms with E-state index in [0.29, 0.717) is 23.1 Å². The first-order chi connectivity index (χ1) is 20.3. The Hall–Kier alpha value is -5.03. The summed E-state index contributed by atoms with van der Waals surface area (Å²) < 4.78 is 4.31. The van der Waals surface area contributed by atoms with Crippen LogP contribution in [0.15, 0.2) is 82.8 Å². The van der Waals surface area contributed by atoms with E-state index in [1.165, 1.54) is 17.1 Å². The lowest BCUT2D eigenvalue weighted by Crippen LogP contribution is -2.42. The number of nitrogens with zero attached hydrogens (tertiary/aromatic N) is 5. The van der Waals surface area contributed by atoms with Crippen molar-refractivity contribution in [3.8, 4) is 16.8 Å². The number of carbonyl (C=O) groups is 1. The molecule has 5 aromatic rings. The van der Waals surface area contributed by atoms with Crippen LogP contribution in [0.3, 0.4) is 0 Å². The Labute approximate surface area is 241 Å². The summed E-state index contributed by atoms with van der Waals surface area (Å²) in [5.74, 6) is 0.147. The van der Waals surface area contributed by atoms with Gasteiger partial charge in [-0.05, 0) is 75.7 Å². The number of nitrogens with one attached hydrogen (secondary N) is 2. The van der Waals surface area contributed by atoms with Gasteiger partial charge in [0.1, 0.15) is 17.4 Å². The Morgan fingerprint density at radius 3 is 2.45 bits per heavy atom. The number of piperidine rings is 1. The topological polar surface area (TPSA) is 141 Å². The number of carbonyl (C=O) groups excluding carboxylic acids is 1. The highest BCUT2D eigenvalue weighted by atomic mass is 16.2. The molecule has 42 heavy (non-hydrogen) atoms. The van der Waals surface area contributed by atoms with E-state index in [9.17, 15) is 14.4 Å². The molecule has 1 aliphatic heterocycles. The molecule has 0 atom stereocenters. The van der Waals surface area contributed by atoms with Gasteiger partial charge < -0.3 is 16.4 Å². The first-order valence-electron chi connectivity index (χ1n) is 14.0. The van der Waals surface area contributed by atoms with Crippen molar-refractivity contribution in [2.75, 3.05) is 24.1 Å². The zero-order chi connectivity index (χ0) is 29.4. The van der Waals surface area contributed by atoms with Crippen LogP contribution in [0.4, 0.5) is 11.5 Å². The van der Waals surface area contributed by atoms with Gasteiger partial charge in [0.25, 0.3) is 11.5 Å².